The number of nitriles is 1. The molecule has 0 atom stereocenters. The molecule has 1 aromatic carbocycles. The van der Waals surface area contributed by atoms with Crippen LogP contribution in [-0.4, -0.2) is 31.1 Å². The highest BCUT2D eigenvalue weighted by Crippen LogP contribution is 2.23. The van der Waals surface area contributed by atoms with Crippen molar-refractivity contribution in [2.75, 3.05) is 30.4 Å². The Morgan fingerprint density at radius 2 is 2.09 bits per heavy atom. The molecule has 1 aromatic heterocycles. The number of benzene rings is 1. The van der Waals surface area contributed by atoms with Gasteiger partial charge in [0.25, 0.3) is 0 Å². The lowest BCUT2D eigenvalue weighted by atomic mass is 10.3. The number of carbonyl (C=O) groups excluding carboxylic acids is 1. The molecule has 23 heavy (non-hydrogen) atoms. The van der Waals surface area contributed by atoms with E-state index in [4.69, 9.17) is 10.00 Å². The Labute approximate surface area is 135 Å². The normalized spacial score (nSPS) is 9.78. The van der Waals surface area contributed by atoms with Gasteiger partial charge in [0.15, 0.2) is 0 Å². The summed E-state index contributed by atoms with van der Waals surface area (Å²) in [6, 6.07) is 14.4. The maximum absolute atomic E-state index is 12.3. The topological polar surface area (TPSA) is 78.3 Å². The van der Waals surface area contributed by atoms with Crippen molar-refractivity contribution in [1.82, 2.24) is 4.98 Å². The molecule has 0 saturated heterocycles. The standard InChI is InChI=1S/C17H18N4O2/c1-3-21(16-10-6-7-13(11-18)19-16)12-17(22)20-14-8-4-5-9-15(14)23-2/h4-10H,3,12H2,1-2H3,(H,20,22). The molecule has 2 rings (SSSR count). The van der Waals surface area contributed by atoms with Crippen molar-refractivity contribution >= 4 is 17.4 Å². The lowest BCUT2D eigenvalue weighted by molar-refractivity contribution is -0.115. The van der Waals surface area contributed by atoms with Gasteiger partial charge in [-0.1, -0.05) is 18.2 Å². The summed E-state index contributed by atoms with van der Waals surface area (Å²) < 4.78 is 5.22. The van der Waals surface area contributed by atoms with Gasteiger partial charge in [0.1, 0.15) is 23.3 Å². The predicted molar refractivity (Wildman–Crippen MR) is 88.5 cm³/mol. The zero-order valence-corrected chi connectivity index (χ0v) is 13.1. The predicted octanol–water partition coefficient (Wildman–Crippen LogP) is 2.43. The van der Waals surface area contributed by atoms with Crippen molar-refractivity contribution in [2.24, 2.45) is 0 Å². The SMILES string of the molecule is CCN(CC(=O)Nc1ccccc1OC)c1cccc(C#N)n1. The number of para-hydroxylation sites is 2. The van der Waals surface area contributed by atoms with Gasteiger partial charge in [-0.2, -0.15) is 5.26 Å². The molecule has 1 heterocycles. The second-order valence-corrected chi connectivity index (χ2v) is 4.76. The lowest BCUT2D eigenvalue weighted by Crippen LogP contribution is -2.33. The van der Waals surface area contributed by atoms with E-state index in [0.717, 1.165) is 0 Å². The number of pyridine rings is 1. The Kier molecular flexibility index (Phi) is 5.53. The van der Waals surface area contributed by atoms with E-state index >= 15 is 0 Å². The van der Waals surface area contributed by atoms with Gasteiger partial charge < -0.3 is 15.0 Å². The number of nitrogens with zero attached hydrogens (tertiary/aromatic N) is 3. The fourth-order valence-corrected chi connectivity index (χ4v) is 2.13. The van der Waals surface area contributed by atoms with Gasteiger partial charge in [-0.15, -0.1) is 0 Å². The molecule has 2 aromatic rings. The van der Waals surface area contributed by atoms with Gasteiger partial charge >= 0.3 is 0 Å². The summed E-state index contributed by atoms with van der Waals surface area (Å²) in [4.78, 5) is 18.3. The number of likely N-dealkylation sites (N-methyl/N-ethyl adjacent to an activating group) is 1. The number of methoxy groups -OCH3 is 1. The van der Waals surface area contributed by atoms with Crippen molar-refractivity contribution in [3.63, 3.8) is 0 Å². The molecular formula is C17H18N4O2. The maximum Gasteiger partial charge on any atom is 0.244 e. The van der Waals surface area contributed by atoms with E-state index in [-0.39, 0.29) is 12.5 Å². The third-order valence-corrected chi connectivity index (χ3v) is 3.27. The quantitative estimate of drug-likeness (QED) is 0.886. The van der Waals surface area contributed by atoms with E-state index in [1.54, 1.807) is 42.3 Å². The zero-order chi connectivity index (χ0) is 16.7. The second-order valence-electron chi connectivity index (χ2n) is 4.76. The van der Waals surface area contributed by atoms with Crippen molar-refractivity contribution in [2.45, 2.75) is 6.92 Å². The van der Waals surface area contributed by atoms with Gasteiger partial charge in [-0.3, -0.25) is 4.79 Å². The molecule has 0 aliphatic heterocycles. The fourth-order valence-electron chi connectivity index (χ4n) is 2.13. The number of anilines is 2. The first-order valence-electron chi connectivity index (χ1n) is 7.23. The third kappa shape index (κ3) is 4.20. The number of hydrogen-bond donors (Lipinski definition) is 1. The number of amides is 1. The number of aromatic nitrogens is 1. The molecule has 6 heteroatoms. The summed E-state index contributed by atoms with van der Waals surface area (Å²) in [7, 11) is 1.56. The van der Waals surface area contributed by atoms with Crippen LogP contribution in [0.4, 0.5) is 11.5 Å². The van der Waals surface area contributed by atoms with Crippen LogP contribution in [0.25, 0.3) is 0 Å². The summed E-state index contributed by atoms with van der Waals surface area (Å²) in [5.41, 5.74) is 0.945. The average molecular weight is 310 g/mol. The first-order valence-corrected chi connectivity index (χ1v) is 7.23. The highest BCUT2D eigenvalue weighted by atomic mass is 16.5. The zero-order valence-electron chi connectivity index (χ0n) is 13.1. The number of ether oxygens (including phenoxy) is 1. The summed E-state index contributed by atoms with van der Waals surface area (Å²) >= 11 is 0. The monoisotopic (exact) mass is 310 g/mol. The molecule has 0 aliphatic carbocycles. The van der Waals surface area contributed by atoms with Gasteiger partial charge in [-0.25, -0.2) is 4.98 Å². The van der Waals surface area contributed by atoms with Crippen molar-refractivity contribution in [1.29, 1.82) is 5.26 Å². The molecule has 0 unspecified atom stereocenters. The molecular weight excluding hydrogens is 292 g/mol. The molecule has 6 nitrogen and oxygen atoms in total. The van der Waals surface area contributed by atoms with Gasteiger partial charge in [0, 0.05) is 6.54 Å². The largest absolute Gasteiger partial charge is 0.495 e. The van der Waals surface area contributed by atoms with E-state index < -0.39 is 0 Å². The van der Waals surface area contributed by atoms with Gasteiger partial charge in [0.2, 0.25) is 5.91 Å². The van der Waals surface area contributed by atoms with Crippen LogP contribution >= 0.6 is 0 Å². The number of carbonyl (C=O) groups is 1. The first kappa shape index (κ1) is 16.3. The highest BCUT2D eigenvalue weighted by molar-refractivity contribution is 5.95. The molecule has 0 saturated carbocycles. The molecule has 0 aliphatic rings. The molecule has 118 valence electrons. The molecule has 0 fully saturated rings. The molecule has 0 bridgehead atoms. The molecule has 1 amide bonds. The van der Waals surface area contributed by atoms with E-state index in [1.807, 2.05) is 25.1 Å². The summed E-state index contributed by atoms with van der Waals surface area (Å²) in [5.74, 6) is 1.02. The Hall–Kier alpha value is -3.07. The summed E-state index contributed by atoms with van der Waals surface area (Å²) in [5, 5.41) is 11.8. The van der Waals surface area contributed by atoms with Crippen LogP contribution in [-0.2, 0) is 4.79 Å². The smallest absolute Gasteiger partial charge is 0.244 e. The van der Waals surface area contributed by atoms with Crippen molar-refractivity contribution in [3.8, 4) is 11.8 Å². The van der Waals surface area contributed by atoms with Gasteiger partial charge in [0.05, 0.1) is 19.3 Å². The number of nitrogens with one attached hydrogen (secondary N) is 1. The van der Waals surface area contributed by atoms with Crippen molar-refractivity contribution in [3.05, 3.63) is 48.2 Å². The van der Waals surface area contributed by atoms with Gasteiger partial charge in [-0.05, 0) is 31.2 Å². The molecule has 0 radical (unpaired) electrons. The maximum atomic E-state index is 12.3. The summed E-state index contributed by atoms with van der Waals surface area (Å²) in [6.07, 6.45) is 0. The first-order chi connectivity index (χ1) is 11.2. The van der Waals surface area contributed by atoms with Crippen LogP contribution in [0.3, 0.4) is 0 Å². The second kappa shape index (κ2) is 7.80. The fraction of sp³-hybridized carbons (Fsp3) is 0.235. The Morgan fingerprint density at radius 1 is 1.30 bits per heavy atom. The number of rotatable bonds is 6. The van der Waals surface area contributed by atoms with E-state index in [1.165, 1.54) is 0 Å². The number of hydrogen-bond acceptors (Lipinski definition) is 5. The van der Waals surface area contributed by atoms with Crippen LogP contribution in [0.2, 0.25) is 0 Å². The van der Waals surface area contributed by atoms with E-state index in [9.17, 15) is 4.79 Å². The van der Waals surface area contributed by atoms with Crippen LogP contribution in [0, 0.1) is 11.3 Å². The highest BCUT2D eigenvalue weighted by Gasteiger charge is 2.13. The third-order valence-electron chi connectivity index (χ3n) is 3.27. The summed E-state index contributed by atoms with van der Waals surface area (Å²) in [6.45, 7) is 2.66. The van der Waals surface area contributed by atoms with Crippen LogP contribution in [0.1, 0.15) is 12.6 Å². The van der Waals surface area contributed by atoms with Crippen LogP contribution in [0.5, 0.6) is 5.75 Å². The molecule has 1 N–H and O–H groups in total. The van der Waals surface area contributed by atoms with Crippen molar-refractivity contribution < 1.29 is 9.53 Å². The average Bonchev–Trinajstić information content (AvgIpc) is 2.60. The van der Waals surface area contributed by atoms with E-state index in [0.29, 0.717) is 29.5 Å². The van der Waals surface area contributed by atoms with Crippen LogP contribution in [0.15, 0.2) is 42.5 Å². The van der Waals surface area contributed by atoms with E-state index in [2.05, 4.69) is 10.3 Å². The Balaban J connectivity index is 2.09. The Morgan fingerprint density at radius 3 is 2.78 bits per heavy atom. The minimum Gasteiger partial charge on any atom is -0.495 e. The lowest BCUT2D eigenvalue weighted by Gasteiger charge is -2.21. The minimum absolute atomic E-state index is 0.135. The Bertz CT molecular complexity index is 725. The minimum atomic E-state index is -0.180. The van der Waals surface area contributed by atoms with Crippen LogP contribution < -0.4 is 15.0 Å². The molecule has 0 spiro atoms.